The van der Waals surface area contributed by atoms with Crippen LogP contribution in [-0.4, -0.2) is 14.6 Å². The third kappa shape index (κ3) is 1.83. The molecule has 2 heterocycles. The van der Waals surface area contributed by atoms with E-state index in [1.54, 1.807) is 10.6 Å². The lowest BCUT2D eigenvalue weighted by Crippen LogP contribution is -1.88. The zero-order valence-corrected chi connectivity index (χ0v) is 9.59. The van der Waals surface area contributed by atoms with E-state index in [-0.39, 0.29) is 0 Å². The lowest BCUT2D eigenvalue weighted by Gasteiger charge is -1.95. The van der Waals surface area contributed by atoms with Gasteiger partial charge in [-0.15, -0.1) is 0 Å². The second-order valence-corrected chi connectivity index (χ2v) is 4.09. The zero-order chi connectivity index (χ0) is 11.8. The largest absolute Gasteiger partial charge is 0.399 e. The van der Waals surface area contributed by atoms with Gasteiger partial charge < -0.3 is 5.73 Å². The quantitative estimate of drug-likeness (QED) is 0.670. The predicted molar refractivity (Wildman–Crippen MR) is 67.8 cm³/mol. The molecule has 2 aromatic heterocycles. The Bertz CT molecular complexity index is 673. The van der Waals surface area contributed by atoms with E-state index in [0.29, 0.717) is 5.15 Å². The molecule has 3 rings (SSSR count). The lowest BCUT2D eigenvalue weighted by molar-refractivity contribution is 0.937. The molecule has 0 radical (unpaired) electrons. The van der Waals surface area contributed by atoms with Gasteiger partial charge in [0.2, 0.25) is 0 Å². The van der Waals surface area contributed by atoms with E-state index in [2.05, 4.69) is 10.1 Å². The number of imidazole rings is 1. The monoisotopic (exact) mass is 244 g/mol. The number of anilines is 1. The summed E-state index contributed by atoms with van der Waals surface area (Å²) in [5.41, 5.74) is 8.99. The van der Waals surface area contributed by atoms with E-state index in [1.807, 2.05) is 36.5 Å². The van der Waals surface area contributed by atoms with Gasteiger partial charge in [-0.05, 0) is 24.3 Å². The molecule has 0 amide bonds. The molecule has 2 N–H and O–H groups in total. The molecular weight excluding hydrogens is 236 g/mol. The predicted octanol–water partition coefficient (Wildman–Crippen LogP) is 2.63. The molecule has 0 aliphatic rings. The summed E-state index contributed by atoms with van der Waals surface area (Å²) in [5, 5.41) is 4.58. The van der Waals surface area contributed by atoms with E-state index in [9.17, 15) is 0 Å². The van der Waals surface area contributed by atoms with Gasteiger partial charge in [-0.3, -0.25) is 0 Å². The molecule has 17 heavy (non-hydrogen) atoms. The Hall–Kier alpha value is -2.07. The Balaban J connectivity index is 2.14. The first-order chi connectivity index (χ1) is 8.22. The van der Waals surface area contributed by atoms with E-state index in [1.165, 1.54) is 0 Å². The molecule has 0 saturated heterocycles. The highest BCUT2D eigenvalue weighted by Crippen LogP contribution is 2.20. The zero-order valence-electron chi connectivity index (χ0n) is 8.84. The number of hydrogen-bond donors (Lipinski definition) is 1. The van der Waals surface area contributed by atoms with Crippen molar-refractivity contribution in [2.75, 3.05) is 5.73 Å². The maximum Gasteiger partial charge on any atom is 0.154 e. The summed E-state index contributed by atoms with van der Waals surface area (Å²) in [6.07, 6.45) is 1.84. The Labute approximate surface area is 103 Å². The number of halogens is 1. The second-order valence-electron chi connectivity index (χ2n) is 3.71. The molecule has 0 unspecified atom stereocenters. The molecule has 0 fully saturated rings. The summed E-state index contributed by atoms with van der Waals surface area (Å²) in [7, 11) is 0. The van der Waals surface area contributed by atoms with Crippen LogP contribution in [0.3, 0.4) is 0 Å². The van der Waals surface area contributed by atoms with Gasteiger partial charge in [-0.25, -0.2) is 9.50 Å². The van der Waals surface area contributed by atoms with Crippen LogP contribution in [0, 0.1) is 0 Å². The van der Waals surface area contributed by atoms with Gasteiger partial charge in [0.05, 0.1) is 11.9 Å². The first kappa shape index (κ1) is 10.1. The van der Waals surface area contributed by atoms with Crippen molar-refractivity contribution >= 4 is 22.9 Å². The molecule has 0 aliphatic heterocycles. The van der Waals surface area contributed by atoms with Crippen molar-refractivity contribution < 1.29 is 0 Å². The van der Waals surface area contributed by atoms with Crippen molar-refractivity contribution in [3.63, 3.8) is 0 Å². The van der Waals surface area contributed by atoms with Crippen LogP contribution in [0.5, 0.6) is 0 Å². The van der Waals surface area contributed by atoms with Crippen LogP contribution in [0.4, 0.5) is 5.69 Å². The Morgan fingerprint density at radius 1 is 1.06 bits per heavy atom. The number of fused-ring (bicyclic) bond motifs is 1. The number of nitrogen functional groups attached to an aromatic ring is 1. The van der Waals surface area contributed by atoms with Gasteiger partial charge in [0.25, 0.3) is 0 Å². The summed E-state index contributed by atoms with van der Waals surface area (Å²) >= 11 is 5.82. The van der Waals surface area contributed by atoms with Gasteiger partial charge in [-0.1, -0.05) is 23.7 Å². The average molecular weight is 245 g/mol. The minimum absolute atomic E-state index is 0.443. The normalized spacial score (nSPS) is 10.9. The number of rotatable bonds is 1. The van der Waals surface area contributed by atoms with Gasteiger partial charge in [0, 0.05) is 11.3 Å². The smallest absolute Gasteiger partial charge is 0.154 e. The number of hydrogen-bond acceptors (Lipinski definition) is 3. The standard InChI is InChI=1S/C12H9ClN4/c13-11-5-6-12-15-10(7-17(12)16-11)8-1-3-9(14)4-2-8/h1-7H,14H2. The minimum atomic E-state index is 0.443. The molecule has 0 atom stereocenters. The van der Waals surface area contributed by atoms with Crippen molar-refractivity contribution in [2.24, 2.45) is 0 Å². The molecule has 0 bridgehead atoms. The molecule has 84 valence electrons. The van der Waals surface area contributed by atoms with Gasteiger partial charge >= 0.3 is 0 Å². The van der Waals surface area contributed by atoms with E-state index in [4.69, 9.17) is 17.3 Å². The molecule has 0 spiro atoms. The number of nitrogens with two attached hydrogens (primary N) is 1. The van der Waals surface area contributed by atoms with Gasteiger partial charge in [-0.2, -0.15) is 5.10 Å². The number of benzene rings is 1. The summed E-state index contributed by atoms with van der Waals surface area (Å²) < 4.78 is 1.66. The second kappa shape index (κ2) is 3.75. The van der Waals surface area contributed by atoms with Crippen LogP contribution in [0.1, 0.15) is 0 Å². The molecule has 1 aromatic carbocycles. The Morgan fingerprint density at radius 2 is 1.82 bits per heavy atom. The maximum atomic E-state index is 5.82. The molecular formula is C12H9ClN4. The number of nitrogens with zero attached hydrogens (tertiary/aromatic N) is 3. The molecule has 0 saturated carbocycles. The van der Waals surface area contributed by atoms with Crippen molar-refractivity contribution in [3.05, 3.63) is 47.7 Å². The first-order valence-corrected chi connectivity index (χ1v) is 5.48. The summed E-state index contributed by atoms with van der Waals surface area (Å²) in [4.78, 5) is 4.45. The summed E-state index contributed by atoms with van der Waals surface area (Å²) in [6, 6.07) is 11.1. The van der Waals surface area contributed by atoms with Crippen LogP contribution in [0.15, 0.2) is 42.6 Å². The van der Waals surface area contributed by atoms with Crippen molar-refractivity contribution in [1.29, 1.82) is 0 Å². The van der Waals surface area contributed by atoms with Crippen molar-refractivity contribution in [1.82, 2.24) is 14.6 Å². The van der Waals surface area contributed by atoms with Crippen LogP contribution in [0.2, 0.25) is 5.15 Å². The topological polar surface area (TPSA) is 56.2 Å². The molecule has 0 aliphatic carbocycles. The summed E-state index contributed by atoms with van der Waals surface area (Å²) in [6.45, 7) is 0. The highest BCUT2D eigenvalue weighted by molar-refractivity contribution is 6.29. The van der Waals surface area contributed by atoms with Crippen LogP contribution in [0.25, 0.3) is 16.9 Å². The van der Waals surface area contributed by atoms with E-state index >= 15 is 0 Å². The first-order valence-electron chi connectivity index (χ1n) is 5.10. The third-order valence-corrected chi connectivity index (χ3v) is 2.70. The van der Waals surface area contributed by atoms with Crippen LogP contribution < -0.4 is 5.73 Å². The maximum absolute atomic E-state index is 5.82. The average Bonchev–Trinajstić information content (AvgIpc) is 2.72. The minimum Gasteiger partial charge on any atom is -0.399 e. The van der Waals surface area contributed by atoms with Crippen molar-refractivity contribution in [2.45, 2.75) is 0 Å². The molecule has 5 heteroatoms. The van der Waals surface area contributed by atoms with E-state index < -0.39 is 0 Å². The van der Waals surface area contributed by atoms with Crippen LogP contribution >= 0.6 is 11.6 Å². The SMILES string of the molecule is Nc1ccc(-c2cn3nc(Cl)ccc3n2)cc1. The van der Waals surface area contributed by atoms with Gasteiger partial charge in [0.15, 0.2) is 5.65 Å². The fraction of sp³-hybridized carbons (Fsp3) is 0. The highest BCUT2D eigenvalue weighted by atomic mass is 35.5. The molecule has 3 aromatic rings. The number of aromatic nitrogens is 3. The fourth-order valence-electron chi connectivity index (χ4n) is 1.65. The van der Waals surface area contributed by atoms with E-state index in [0.717, 1.165) is 22.6 Å². The lowest BCUT2D eigenvalue weighted by atomic mass is 10.1. The highest BCUT2D eigenvalue weighted by Gasteiger charge is 2.05. The van der Waals surface area contributed by atoms with Crippen molar-refractivity contribution in [3.8, 4) is 11.3 Å². The van der Waals surface area contributed by atoms with Crippen LogP contribution in [-0.2, 0) is 0 Å². The van der Waals surface area contributed by atoms with Gasteiger partial charge in [0.1, 0.15) is 5.15 Å². The Kier molecular flexibility index (Phi) is 2.23. The summed E-state index contributed by atoms with van der Waals surface area (Å²) in [5.74, 6) is 0. The fourth-order valence-corrected chi connectivity index (χ4v) is 1.80. The Morgan fingerprint density at radius 3 is 2.59 bits per heavy atom. The molecule has 4 nitrogen and oxygen atoms in total. The third-order valence-electron chi connectivity index (χ3n) is 2.49.